The molecular weight excluding hydrogens is 166 g/mol. The molecule has 4 nitrogen and oxygen atoms in total. The summed E-state index contributed by atoms with van der Waals surface area (Å²) in [7, 11) is 1.41. The van der Waals surface area contributed by atoms with E-state index in [-0.39, 0.29) is 16.8 Å². The highest BCUT2D eigenvalue weighted by Gasteiger charge is 1.99. The van der Waals surface area contributed by atoms with Crippen molar-refractivity contribution in [3.05, 3.63) is 24.4 Å². The Morgan fingerprint density at radius 1 is 1.82 bits per heavy atom. The van der Waals surface area contributed by atoms with Crippen molar-refractivity contribution in [2.75, 3.05) is 7.11 Å². The molecule has 0 aromatic rings. The number of nitrogens with one attached hydrogen (secondary N) is 2. The third-order valence-corrected chi connectivity index (χ3v) is 1.01. The van der Waals surface area contributed by atoms with Crippen LogP contribution in [0.15, 0.2) is 24.4 Å². The maximum Gasteiger partial charge on any atom is 0.171 e. The topological polar surface area (TPSA) is 71.1 Å². The largest absolute Gasteiger partial charge is 0.492 e. The lowest BCUT2D eigenvalue weighted by molar-refractivity contribution is 0.313. The maximum absolute atomic E-state index is 6.96. The summed E-state index contributed by atoms with van der Waals surface area (Å²) >= 11 is 5.31. The summed E-state index contributed by atoms with van der Waals surface area (Å²) in [4.78, 5) is 0. The summed E-state index contributed by atoms with van der Waals surface area (Å²) in [5.74, 6) is 0.468. The van der Waals surface area contributed by atoms with Gasteiger partial charge in [0.25, 0.3) is 0 Å². The minimum atomic E-state index is -0.193. The third-order valence-electron chi connectivity index (χ3n) is 0.825. The van der Waals surface area contributed by atoms with E-state index in [1.54, 1.807) is 0 Å². The van der Waals surface area contributed by atoms with E-state index in [1.165, 1.54) is 13.3 Å². The quantitative estimate of drug-likeness (QED) is 0.435. The van der Waals surface area contributed by atoms with Gasteiger partial charge < -0.3 is 15.8 Å². The SMILES string of the molecule is C=C(N)NC=C(OC)C(=N)Cl. The van der Waals surface area contributed by atoms with Gasteiger partial charge >= 0.3 is 0 Å². The fourth-order valence-electron chi connectivity index (χ4n) is 0.370. The van der Waals surface area contributed by atoms with Crippen molar-refractivity contribution in [2.45, 2.75) is 0 Å². The van der Waals surface area contributed by atoms with E-state index in [2.05, 4.69) is 11.9 Å². The van der Waals surface area contributed by atoms with Crippen LogP contribution < -0.4 is 11.1 Å². The van der Waals surface area contributed by atoms with Crippen LogP contribution in [0.1, 0.15) is 0 Å². The zero-order chi connectivity index (χ0) is 8.85. The van der Waals surface area contributed by atoms with E-state index >= 15 is 0 Å². The first-order valence-electron chi connectivity index (χ1n) is 2.77. The lowest BCUT2D eigenvalue weighted by atomic mass is 10.5. The highest BCUT2D eigenvalue weighted by molar-refractivity contribution is 6.68. The molecule has 0 rings (SSSR count). The monoisotopic (exact) mass is 175 g/mol. The second-order valence-electron chi connectivity index (χ2n) is 1.70. The zero-order valence-corrected chi connectivity index (χ0v) is 6.90. The third kappa shape index (κ3) is 4.27. The molecule has 11 heavy (non-hydrogen) atoms. The van der Waals surface area contributed by atoms with Gasteiger partial charge in [-0.1, -0.05) is 18.2 Å². The van der Waals surface area contributed by atoms with Crippen LogP contribution in [0.2, 0.25) is 0 Å². The fourth-order valence-corrected chi connectivity index (χ4v) is 0.502. The number of rotatable bonds is 4. The molecule has 0 bridgehead atoms. The Balaban J connectivity index is 4.13. The van der Waals surface area contributed by atoms with Gasteiger partial charge in [0.15, 0.2) is 10.9 Å². The van der Waals surface area contributed by atoms with Gasteiger partial charge in [-0.3, -0.25) is 5.41 Å². The van der Waals surface area contributed by atoms with E-state index in [0.29, 0.717) is 0 Å². The second kappa shape index (κ2) is 4.62. The summed E-state index contributed by atoms with van der Waals surface area (Å²) in [6, 6.07) is 0. The molecule has 0 saturated heterocycles. The van der Waals surface area contributed by atoms with Crippen molar-refractivity contribution in [3.8, 4) is 0 Å². The average Bonchev–Trinajstić information content (AvgIpc) is 1.87. The van der Waals surface area contributed by atoms with Crippen LogP contribution in [0.25, 0.3) is 0 Å². The molecule has 5 heteroatoms. The molecule has 0 radical (unpaired) electrons. The van der Waals surface area contributed by atoms with Gasteiger partial charge in [-0.15, -0.1) is 0 Å². The Kier molecular flexibility index (Phi) is 4.14. The molecule has 4 N–H and O–H groups in total. The molecule has 62 valence electrons. The zero-order valence-electron chi connectivity index (χ0n) is 6.15. The minimum Gasteiger partial charge on any atom is -0.492 e. The molecule has 0 saturated carbocycles. The molecule has 0 aromatic carbocycles. The predicted molar refractivity (Wildman–Crippen MR) is 45.1 cm³/mol. The van der Waals surface area contributed by atoms with Crippen molar-refractivity contribution in [1.29, 1.82) is 5.41 Å². The van der Waals surface area contributed by atoms with Crippen molar-refractivity contribution in [3.63, 3.8) is 0 Å². The Labute approximate surface area is 70.2 Å². The smallest absolute Gasteiger partial charge is 0.171 e. The maximum atomic E-state index is 6.96. The van der Waals surface area contributed by atoms with E-state index in [9.17, 15) is 0 Å². The normalized spacial score (nSPS) is 10.5. The van der Waals surface area contributed by atoms with Gasteiger partial charge in [-0.25, -0.2) is 0 Å². The van der Waals surface area contributed by atoms with Gasteiger partial charge in [0, 0.05) is 6.20 Å². The summed E-state index contributed by atoms with van der Waals surface area (Å²) in [6.45, 7) is 3.37. The van der Waals surface area contributed by atoms with Crippen LogP contribution in [-0.2, 0) is 4.74 Å². The van der Waals surface area contributed by atoms with Gasteiger partial charge in [0.2, 0.25) is 0 Å². The number of allylic oxidation sites excluding steroid dienone is 1. The standard InChI is InChI=1S/C6H10ClN3O/c1-4(8)10-3-5(11-2)6(7)9/h3,9-10H,1,8H2,2H3. The van der Waals surface area contributed by atoms with Crippen LogP contribution >= 0.6 is 11.6 Å². The van der Waals surface area contributed by atoms with Gasteiger partial charge in [0.05, 0.1) is 12.9 Å². The van der Waals surface area contributed by atoms with Crippen LogP contribution in [0.3, 0.4) is 0 Å². The highest BCUT2D eigenvalue weighted by atomic mass is 35.5. The van der Waals surface area contributed by atoms with Crippen molar-refractivity contribution in [1.82, 2.24) is 5.32 Å². The van der Waals surface area contributed by atoms with E-state index in [0.717, 1.165) is 0 Å². The van der Waals surface area contributed by atoms with Gasteiger partial charge in [-0.2, -0.15) is 0 Å². The molecule has 0 aliphatic carbocycles. The van der Waals surface area contributed by atoms with E-state index in [1.807, 2.05) is 0 Å². The molecule has 0 aliphatic heterocycles. The minimum absolute atomic E-state index is 0.193. The second-order valence-corrected chi connectivity index (χ2v) is 2.07. The summed E-state index contributed by atoms with van der Waals surface area (Å²) in [5.41, 5.74) is 5.18. The number of hydrogen-bond acceptors (Lipinski definition) is 4. The van der Waals surface area contributed by atoms with Gasteiger partial charge in [-0.05, 0) is 0 Å². The molecule has 0 spiro atoms. The predicted octanol–water partition coefficient (Wildman–Crippen LogP) is 0.710. The summed E-state index contributed by atoms with van der Waals surface area (Å²) in [6.07, 6.45) is 1.36. The average molecular weight is 176 g/mol. The lowest BCUT2D eigenvalue weighted by Gasteiger charge is -2.02. The summed E-state index contributed by atoms with van der Waals surface area (Å²) in [5, 5.41) is 9.31. The molecule has 0 unspecified atom stereocenters. The Hall–Kier alpha value is -1.16. The van der Waals surface area contributed by atoms with E-state index < -0.39 is 0 Å². The number of halogens is 1. The number of nitrogens with two attached hydrogens (primary N) is 1. The van der Waals surface area contributed by atoms with Crippen LogP contribution in [0, 0.1) is 5.41 Å². The molecular formula is C6H10ClN3O. The van der Waals surface area contributed by atoms with Crippen LogP contribution in [-0.4, -0.2) is 12.3 Å². The van der Waals surface area contributed by atoms with Crippen LogP contribution in [0.4, 0.5) is 0 Å². The van der Waals surface area contributed by atoms with Crippen molar-refractivity contribution in [2.24, 2.45) is 5.73 Å². The first kappa shape index (κ1) is 9.84. The highest BCUT2D eigenvalue weighted by Crippen LogP contribution is 1.99. The molecule has 0 atom stereocenters. The number of methoxy groups -OCH3 is 1. The Morgan fingerprint density at radius 2 is 2.36 bits per heavy atom. The molecule has 0 aromatic heterocycles. The Bertz CT molecular complexity index is 200. The lowest BCUT2D eigenvalue weighted by Crippen LogP contribution is -2.14. The Morgan fingerprint density at radius 3 is 2.64 bits per heavy atom. The van der Waals surface area contributed by atoms with Crippen molar-refractivity contribution >= 4 is 16.8 Å². The number of ether oxygens (including phenoxy) is 1. The first-order valence-corrected chi connectivity index (χ1v) is 3.15. The molecule has 0 aliphatic rings. The summed E-state index contributed by atoms with van der Waals surface area (Å²) < 4.78 is 4.71. The van der Waals surface area contributed by atoms with Gasteiger partial charge in [0.1, 0.15) is 0 Å². The molecule has 0 heterocycles. The molecule has 0 amide bonds. The van der Waals surface area contributed by atoms with Crippen molar-refractivity contribution < 1.29 is 4.74 Å². The van der Waals surface area contributed by atoms with E-state index in [4.69, 9.17) is 27.5 Å². The number of hydrogen-bond donors (Lipinski definition) is 3. The molecule has 0 fully saturated rings. The first-order chi connectivity index (χ1) is 5.07. The fraction of sp³-hybridized carbons (Fsp3) is 0.167. The van der Waals surface area contributed by atoms with Crippen LogP contribution in [0.5, 0.6) is 0 Å².